The second-order valence-electron chi connectivity index (χ2n) is 4.07. The van der Waals surface area contributed by atoms with Crippen LogP contribution in [0.5, 0.6) is 0 Å². The number of hydrogen-bond donors (Lipinski definition) is 0. The molecule has 6 nitrogen and oxygen atoms in total. The maximum atomic E-state index is 10.7. The highest BCUT2D eigenvalue weighted by Gasteiger charge is 2.23. The van der Waals surface area contributed by atoms with Crippen LogP contribution in [0.3, 0.4) is 0 Å². The minimum atomic E-state index is -0.392. The molecule has 0 spiro atoms. The second kappa shape index (κ2) is 5.90. The molecule has 18 heavy (non-hydrogen) atoms. The maximum Gasteiger partial charge on any atom is 0.269 e. The molecule has 98 valence electrons. The van der Waals surface area contributed by atoms with Crippen molar-refractivity contribution in [1.29, 1.82) is 0 Å². The van der Waals surface area contributed by atoms with Crippen molar-refractivity contribution in [2.45, 2.75) is 26.2 Å². The predicted octanol–water partition coefficient (Wildman–Crippen LogP) is 2.09. The van der Waals surface area contributed by atoms with Crippen molar-refractivity contribution < 1.29 is 14.5 Å². The van der Waals surface area contributed by atoms with Gasteiger partial charge in [-0.3, -0.25) is 15.0 Å². The first kappa shape index (κ1) is 12.9. The second-order valence-corrected chi connectivity index (χ2v) is 4.07. The molecule has 0 bridgehead atoms. The SMILES string of the molecule is CCOC1CCN(Cc2cccc([N+](=O)[O-])c2)O1. The minimum Gasteiger partial charge on any atom is -0.351 e. The fraction of sp³-hybridized carbons (Fsp3) is 0.500. The van der Waals surface area contributed by atoms with Gasteiger partial charge in [0.15, 0.2) is 6.29 Å². The van der Waals surface area contributed by atoms with Gasteiger partial charge in [-0.1, -0.05) is 12.1 Å². The highest BCUT2D eigenvalue weighted by molar-refractivity contribution is 5.34. The lowest BCUT2D eigenvalue weighted by molar-refractivity contribution is -0.385. The molecule has 0 aliphatic carbocycles. The molecule has 2 rings (SSSR count). The highest BCUT2D eigenvalue weighted by Crippen LogP contribution is 2.19. The van der Waals surface area contributed by atoms with Crippen LogP contribution in [0, 0.1) is 10.1 Å². The quantitative estimate of drug-likeness (QED) is 0.593. The van der Waals surface area contributed by atoms with Crippen LogP contribution in [0.2, 0.25) is 0 Å². The Balaban J connectivity index is 1.94. The zero-order valence-electron chi connectivity index (χ0n) is 10.2. The molecule has 0 N–H and O–H groups in total. The maximum absolute atomic E-state index is 10.7. The van der Waals surface area contributed by atoms with Crippen molar-refractivity contribution in [3.63, 3.8) is 0 Å². The van der Waals surface area contributed by atoms with Gasteiger partial charge in [0.1, 0.15) is 0 Å². The smallest absolute Gasteiger partial charge is 0.269 e. The molecule has 1 fully saturated rings. The van der Waals surface area contributed by atoms with Crippen molar-refractivity contribution >= 4 is 5.69 Å². The largest absolute Gasteiger partial charge is 0.351 e. The van der Waals surface area contributed by atoms with Gasteiger partial charge in [-0.05, 0) is 12.5 Å². The number of hydrogen-bond acceptors (Lipinski definition) is 5. The average molecular weight is 252 g/mol. The van der Waals surface area contributed by atoms with Gasteiger partial charge in [-0.15, -0.1) is 0 Å². The van der Waals surface area contributed by atoms with Crippen LogP contribution in [-0.4, -0.2) is 29.4 Å². The fourth-order valence-electron chi connectivity index (χ4n) is 1.91. The van der Waals surface area contributed by atoms with Crippen molar-refractivity contribution in [3.8, 4) is 0 Å². The Bertz CT molecular complexity index is 424. The molecule has 6 heteroatoms. The Hall–Kier alpha value is -1.50. The molecule has 1 aliphatic rings. The van der Waals surface area contributed by atoms with E-state index >= 15 is 0 Å². The molecule has 1 aliphatic heterocycles. The number of ether oxygens (including phenoxy) is 1. The van der Waals surface area contributed by atoms with E-state index in [0.717, 1.165) is 18.5 Å². The first-order chi connectivity index (χ1) is 8.69. The molecule has 1 aromatic rings. The Morgan fingerprint density at radius 2 is 2.44 bits per heavy atom. The Kier molecular flexibility index (Phi) is 4.24. The Morgan fingerprint density at radius 1 is 1.61 bits per heavy atom. The monoisotopic (exact) mass is 252 g/mol. The zero-order chi connectivity index (χ0) is 13.0. The third kappa shape index (κ3) is 3.25. The van der Waals surface area contributed by atoms with E-state index in [2.05, 4.69) is 0 Å². The molecule has 0 amide bonds. The zero-order valence-corrected chi connectivity index (χ0v) is 10.2. The van der Waals surface area contributed by atoms with Gasteiger partial charge in [0.05, 0.1) is 4.92 Å². The first-order valence-corrected chi connectivity index (χ1v) is 5.95. The van der Waals surface area contributed by atoms with Crippen LogP contribution in [0.4, 0.5) is 5.69 Å². The lowest BCUT2D eigenvalue weighted by Gasteiger charge is -2.15. The summed E-state index contributed by atoms with van der Waals surface area (Å²) < 4.78 is 5.36. The number of nitro groups is 1. The summed E-state index contributed by atoms with van der Waals surface area (Å²) in [6.45, 7) is 3.85. The molecule has 0 aromatic heterocycles. The average Bonchev–Trinajstić information content (AvgIpc) is 2.77. The topological polar surface area (TPSA) is 64.8 Å². The van der Waals surface area contributed by atoms with Gasteiger partial charge in [0.2, 0.25) is 0 Å². The normalized spacial score (nSPS) is 20.2. The molecular weight excluding hydrogens is 236 g/mol. The molecule has 1 unspecified atom stereocenters. The summed E-state index contributed by atoms with van der Waals surface area (Å²) >= 11 is 0. The number of non-ortho nitro benzene ring substituents is 1. The van der Waals surface area contributed by atoms with Crippen LogP contribution < -0.4 is 0 Å². The molecule has 1 atom stereocenters. The summed E-state index contributed by atoms with van der Waals surface area (Å²) in [5.74, 6) is 0. The summed E-state index contributed by atoms with van der Waals surface area (Å²) in [7, 11) is 0. The Labute approximate surface area is 105 Å². The minimum absolute atomic E-state index is 0.105. The van der Waals surface area contributed by atoms with E-state index < -0.39 is 4.92 Å². The van der Waals surface area contributed by atoms with Gasteiger partial charge in [0, 0.05) is 38.2 Å². The molecular formula is C12H16N2O4. The number of rotatable bonds is 5. The van der Waals surface area contributed by atoms with E-state index in [-0.39, 0.29) is 12.0 Å². The van der Waals surface area contributed by atoms with Gasteiger partial charge in [-0.25, -0.2) is 0 Å². The number of benzene rings is 1. The number of hydroxylamine groups is 2. The van der Waals surface area contributed by atoms with Crippen molar-refractivity contribution in [3.05, 3.63) is 39.9 Å². The van der Waals surface area contributed by atoms with Crippen molar-refractivity contribution in [2.24, 2.45) is 0 Å². The van der Waals surface area contributed by atoms with Crippen LogP contribution in [0.25, 0.3) is 0 Å². The fourth-order valence-corrected chi connectivity index (χ4v) is 1.91. The van der Waals surface area contributed by atoms with E-state index in [0.29, 0.717) is 13.2 Å². The summed E-state index contributed by atoms with van der Waals surface area (Å²) in [4.78, 5) is 15.8. The number of nitro benzene ring substituents is 1. The standard InChI is InChI=1S/C12H16N2O4/c1-2-17-12-6-7-13(18-12)9-10-4-3-5-11(8-10)14(15)16/h3-5,8,12H,2,6-7,9H2,1H3. The van der Waals surface area contributed by atoms with Crippen LogP contribution >= 0.6 is 0 Å². The van der Waals surface area contributed by atoms with Gasteiger partial charge in [0.25, 0.3) is 5.69 Å². The van der Waals surface area contributed by atoms with Crippen LogP contribution in [-0.2, 0) is 16.1 Å². The summed E-state index contributed by atoms with van der Waals surface area (Å²) in [6.07, 6.45) is 0.636. The first-order valence-electron chi connectivity index (χ1n) is 5.95. The van der Waals surface area contributed by atoms with E-state index in [9.17, 15) is 10.1 Å². The van der Waals surface area contributed by atoms with E-state index in [1.807, 2.05) is 13.0 Å². The third-order valence-corrected chi connectivity index (χ3v) is 2.71. The molecule has 0 radical (unpaired) electrons. The van der Waals surface area contributed by atoms with Crippen LogP contribution in [0.15, 0.2) is 24.3 Å². The summed E-state index contributed by atoms with van der Waals surface area (Å²) in [6, 6.07) is 6.59. The predicted molar refractivity (Wildman–Crippen MR) is 64.6 cm³/mol. The van der Waals surface area contributed by atoms with E-state index in [1.165, 1.54) is 6.07 Å². The molecule has 1 heterocycles. The third-order valence-electron chi connectivity index (χ3n) is 2.71. The van der Waals surface area contributed by atoms with Crippen molar-refractivity contribution in [2.75, 3.05) is 13.2 Å². The van der Waals surface area contributed by atoms with Crippen molar-refractivity contribution in [1.82, 2.24) is 5.06 Å². The highest BCUT2D eigenvalue weighted by atomic mass is 16.8. The number of nitrogens with zero attached hydrogens (tertiary/aromatic N) is 2. The van der Waals surface area contributed by atoms with E-state index in [4.69, 9.17) is 9.57 Å². The molecule has 1 saturated heterocycles. The van der Waals surface area contributed by atoms with Gasteiger partial charge in [-0.2, -0.15) is 5.06 Å². The van der Waals surface area contributed by atoms with E-state index in [1.54, 1.807) is 17.2 Å². The summed E-state index contributed by atoms with van der Waals surface area (Å²) in [5.41, 5.74) is 0.967. The summed E-state index contributed by atoms with van der Waals surface area (Å²) in [5, 5.41) is 12.4. The molecule has 0 saturated carbocycles. The lowest BCUT2D eigenvalue weighted by Crippen LogP contribution is -2.20. The molecule has 1 aromatic carbocycles. The Morgan fingerprint density at radius 3 is 3.17 bits per heavy atom. The lowest BCUT2D eigenvalue weighted by atomic mass is 10.2. The van der Waals surface area contributed by atoms with Gasteiger partial charge >= 0.3 is 0 Å². The van der Waals surface area contributed by atoms with Gasteiger partial charge < -0.3 is 4.74 Å². The van der Waals surface area contributed by atoms with Crippen LogP contribution in [0.1, 0.15) is 18.9 Å².